The van der Waals surface area contributed by atoms with E-state index in [0.717, 1.165) is 69.1 Å². The molecule has 0 bridgehead atoms. The molecule has 1 aromatic heterocycles. The second kappa shape index (κ2) is 14.9. The molecule has 1 unspecified atom stereocenters. The normalized spacial score (nSPS) is 19.5. The zero-order valence-corrected chi connectivity index (χ0v) is 29.5. The van der Waals surface area contributed by atoms with Crippen molar-refractivity contribution in [3.8, 4) is 11.3 Å². The highest BCUT2D eigenvalue weighted by Crippen LogP contribution is 2.40. The second-order valence-electron chi connectivity index (χ2n) is 12.8. The molecule has 2 aromatic rings. The van der Waals surface area contributed by atoms with Gasteiger partial charge >= 0.3 is 6.18 Å². The first-order chi connectivity index (χ1) is 22.5. The number of sulfonamides is 2. The lowest BCUT2D eigenvalue weighted by Gasteiger charge is -2.34. The first kappa shape index (κ1) is 37.0. The largest absolute Gasteiger partial charge is 0.417 e. The fourth-order valence-electron chi connectivity index (χ4n) is 6.66. The summed E-state index contributed by atoms with van der Waals surface area (Å²) in [6.07, 6.45) is 0.440. The Bertz CT molecular complexity index is 1690. The lowest BCUT2D eigenvalue weighted by atomic mass is 9.95. The van der Waals surface area contributed by atoms with Gasteiger partial charge in [-0.15, -0.1) is 11.8 Å². The van der Waals surface area contributed by atoms with Gasteiger partial charge in [-0.3, -0.25) is 9.48 Å². The molecule has 268 valence electrons. The van der Waals surface area contributed by atoms with Crippen LogP contribution < -0.4 is 4.72 Å². The van der Waals surface area contributed by atoms with Gasteiger partial charge < -0.3 is 14.9 Å². The minimum atomic E-state index is -4.66. The van der Waals surface area contributed by atoms with Gasteiger partial charge in [-0.1, -0.05) is 6.07 Å². The molecule has 1 amide bonds. The molecular weight excluding hydrogens is 694 g/mol. The first-order valence-corrected chi connectivity index (χ1v) is 20.7. The molecule has 3 aliphatic rings. The maximum atomic E-state index is 13.9. The number of likely N-dealkylation sites (tertiary alicyclic amines) is 2. The van der Waals surface area contributed by atoms with Gasteiger partial charge in [0.25, 0.3) is 0 Å². The quantitative estimate of drug-likeness (QED) is 0.248. The number of benzene rings is 1. The third-order valence-electron chi connectivity index (χ3n) is 9.06. The third kappa shape index (κ3) is 9.31. The van der Waals surface area contributed by atoms with E-state index < -0.39 is 37.9 Å². The van der Waals surface area contributed by atoms with Gasteiger partial charge in [-0.2, -0.15) is 22.6 Å². The monoisotopic (exact) mass is 736 g/mol. The number of β-amino-alcohol motifs (C(OH)–C–C–N with tert-alkyl or cyclic N) is 1. The minimum absolute atomic E-state index is 0.00212. The van der Waals surface area contributed by atoms with E-state index >= 15 is 0 Å². The summed E-state index contributed by atoms with van der Waals surface area (Å²) in [6.45, 7) is 3.59. The number of carbonyl (C=O) groups excluding carboxylic acids is 1. The Kier molecular flexibility index (Phi) is 11.5. The number of aromatic nitrogens is 2. The third-order valence-corrected chi connectivity index (χ3v) is 12.1. The topological polar surface area (TPSA) is 145 Å². The number of thioether (sulfide) groups is 1. The van der Waals surface area contributed by atoms with Crippen molar-refractivity contribution >= 4 is 37.7 Å². The van der Waals surface area contributed by atoms with E-state index in [1.165, 1.54) is 16.4 Å². The van der Waals surface area contributed by atoms with Crippen molar-refractivity contribution in [2.45, 2.75) is 62.4 Å². The summed E-state index contributed by atoms with van der Waals surface area (Å²) in [4.78, 5) is 16.8. The Morgan fingerprint density at radius 1 is 1.06 bits per heavy atom. The van der Waals surface area contributed by atoms with Crippen molar-refractivity contribution in [1.29, 1.82) is 0 Å². The van der Waals surface area contributed by atoms with Crippen molar-refractivity contribution in [3.05, 3.63) is 35.0 Å². The summed E-state index contributed by atoms with van der Waals surface area (Å²) in [7, 11) is -7.09. The van der Waals surface area contributed by atoms with E-state index in [2.05, 4.69) is 9.62 Å². The molecule has 5 rings (SSSR count). The summed E-state index contributed by atoms with van der Waals surface area (Å²) in [5.41, 5.74) is 1.09. The molecule has 48 heavy (non-hydrogen) atoms. The zero-order valence-electron chi connectivity index (χ0n) is 27.1. The number of piperidine rings is 1. The minimum Gasteiger partial charge on any atom is -0.390 e. The fourth-order valence-corrected chi connectivity index (χ4v) is 9.02. The maximum absolute atomic E-state index is 13.9. The molecule has 2 saturated heterocycles. The van der Waals surface area contributed by atoms with Crippen LogP contribution in [0.1, 0.15) is 42.5 Å². The van der Waals surface area contributed by atoms with Crippen LogP contribution in [-0.2, 0) is 50.5 Å². The zero-order chi connectivity index (χ0) is 34.9. The number of nitrogens with one attached hydrogen (secondary N) is 1. The summed E-state index contributed by atoms with van der Waals surface area (Å²) >= 11 is 0.854. The average molecular weight is 737 g/mol. The molecule has 2 fully saturated rings. The number of aliphatic hydroxyl groups is 1. The van der Waals surface area contributed by atoms with Crippen molar-refractivity contribution in [2.24, 2.45) is 5.92 Å². The van der Waals surface area contributed by atoms with Gasteiger partial charge in [0.05, 0.1) is 36.4 Å². The number of nitrogens with zero attached hydrogens (tertiary/aromatic N) is 5. The van der Waals surface area contributed by atoms with Gasteiger partial charge in [0.2, 0.25) is 26.0 Å². The van der Waals surface area contributed by atoms with Crippen LogP contribution in [-0.4, -0.2) is 122 Å². The Morgan fingerprint density at radius 2 is 1.75 bits per heavy atom. The number of aliphatic hydroxyl groups excluding tert-OH is 1. The lowest BCUT2D eigenvalue weighted by Crippen LogP contribution is -2.44. The Balaban J connectivity index is 1.35. The highest BCUT2D eigenvalue weighted by atomic mass is 32.2. The van der Waals surface area contributed by atoms with Gasteiger partial charge in [-0.05, 0) is 50.9 Å². The number of carbonyl (C=O) groups is 1. The highest BCUT2D eigenvalue weighted by molar-refractivity contribution is 7.99. The van der Waals surface area contributed by atoms with Crippen LogP contribution >= 0.6 is 11.8 Å². The van der Waals surface area contributed by atoms with E-state index in [1.807, 2.05) is 4.90 Å². The van der Waals surface area contributed by atoms with Crippen molar-refractivity contribution in [3.63, 3.8) is 0 Å². The van der Waals surface area contributed by atoms with Crippen LogP contribution in [0.2, 0.25) is 0 Å². The second-order valence-corrected chi connectivity index (χ2v) is 17.7. The molecule has 4 heterocycles. The number of hydrogen-bond donors (Lipinski definition) is 2. The summed E-state index contributed by atoms with van der Waals surface area (Å²) < 4.78 is 94.8. The Morgan fingerprint density at radius 3 is 2.38 bits per heavy atom. The van der Waals surface area contributed by atoms with Gasteiger partial charge in [0, 0.05) is 79.1 Å². The SMILES string of the molecule is CS(=O)(=O)NCCSc1cc(-c2nn(CC(O)CN3CCC(C(=O)N4CCCC4)CC3)c3c2CN(S(C)(=O)=O)CC3)ccc1C(F)(F)F. The fraction of sp³-hybridized carbons (Fsp3) is 0.667. The molecule has 1 aromatic carbocycles. The lowest BCUT2D eigenvalue weighted by molar-refractivity contribution is -0.139. The molecule has 3 aliphatic heterocycles. The van der Waals surface area contributed by atoms with E-state index in [0.29, 0.717) is 48.6 Å². The van der Waals surface area contributed by atoms with E-state index in [1.54, 1.807) is 4.68 Å². The maximum Gasteiger partial charge on any atom is 0.417 e. The van der Waals surface area contributed by atoms with Crippen molar-refractivity contribution < 1.29 is 39.9 Å². The molecule has 0 spiro atoms. The summed E-state index contributed by atoms with van der Waals surface area (Å²) in [6, 6.07) is 3.61. The average Bonchev–Trinajstić information content (AvgIpc) is 3.67. The van der Waals surface area contributed by atoms with Gasteiger partial charge in [0.1, 0.15) is 0 Å². The van der Waals surface area contributed by atoms with Crippen LogP contribution in [0.5, 0.6) is 0 Å². The van der Waals surface area contributed by atoms with E-state index in [9.17, 15) is 39.9 Å². The number of halogens is 3. The number of hydrogen-bond acceptors (Lipinski definition) is 9. The van der Waals surface area contributed by atoms with Crippen LogP contribution in [0.15, 0.2) is 23.1 Å². The van der Waals surface area contributed by atoms with Crippen molar-refractivity contribution in [1.82, 2.24) is 28.6 Å². The molecule has 18 heteroatoms. The molecule has 0 aliphatic carbocycles. The van der Waals surface area contributed by atoms with E-state index in [-0.39, 0.29) is 48.7 Å². The number of alkyl halides is 3. The molecule has 12 nitrogen and oxygen atoms in total. The smallest absolute Gasteiger partial charge is 0.390 e. The molecule has 0 saturated carbocycles. The predicted molar refractivity (Wildman–Crippen MR) is 176 cm³/mol. The summed E-state index contributed by atoms with van der Waals surface area (Å²) in [5, 5.41) is 15.9. The Hall–Kier alpha value is -2.22. The summed E-state index contributed by atoms with van der Waals surface area (Å²) in [5.74, 6) is 0.267. The highest BCUT2D eigenvalue weighted by Gasteiger charge is 2.36. The molecule has 1 atom stereocenters. The number of rotatable bonds is 12. The van der Waals surface area contributed by atoms with Crippen LogP contribution in [0.4, 0.5) is 13.2 Å². The number of amides is 1. The molecule has 0 radical (unpaired) electrons. The van der Waals surface area contributed by atoms with Crippen LogP contribution in [0.25, 0.3) is 11.3 Å². The van der Waals surface area contributed by atoms with Crippen LogP contribution in [0, 0.1) is 5.92 Å². The standard InChI is InChI=1S/C30H43F3N6O6S3/c1-47(42,43)34-10-16-46-27-17-22(5-6-25(27)30(31,32)33)28-24-20-38(48(2,44)45)15-9-26(24)39(35-28)19-23(40)18-36-13-7-21(8-14-36)29(41)37-11-3-4-12-37/h5-6,17,21,23,34,40H,3-4,7-16,18-20H2,1-2H3. The van der Waals surface area contributed by atoms with Gasteiger partial charge in [0.15, 0.2) is 0 Å². The Labute approximate surface area is 284 Å². The molecule has 2 N–H and O–H groups in total. The first-order valence-electron chi connectivity index (χ1n) is 16.0. The van der Waals surface area contributed by atoms with Gasteiger partial charge in [-0.25, -0.2) is 21.6 Å². The van der Waals surface area contributed by atoms with Crippen molar-refractivity contribution in [2.75, 3.05) is 64.1 Å². The number of fused-ring (bicyclic) bond motifs is 1. The van der Waals surface area contributed by atoms with Crippen LogP contribution in [0.3, 0.4) is 0 Å². The molecular formula is C30H43F3N6O6S3. The predicted octanol–water partition coefficient (Wildman–Crippen LogP) is 2.22. The van der Waals surface area contributed by atoms with E-state index in [4.69, 9.17) is 5.10 Å².